The van der Waals surface area contributed by atoms with Gasteiger partial charge in [0.05, 0.1) is 12.8 Å². The molecule has 18 heavy (non-hydrogen) atoms. The molecule has 5 nitrogen and oxygen atoms in total. The van der Waals surface area contributed by atoms with E-state index in [1.54, 1.807) is 16.4 Å². The lowest BCUT2D eigenvalue weighted by atomic mass is 10.3. The number of rotatable bonds is 7. The van der Waals surface area contributed by atoms with Gasteiger partial charge in [-0.2, -0.15) is 5.10 Å². The molecule has 1 saturated carbocycles. The summed E-state index contributed by atoms with van der Waals surface area (Å²) in [5.41, 5.74) is 0. The van der Waals surface area contributed by atoms with E-state index in [2.05, 4.69) is 10.4 Å². The summed E-state index contributed by atoms with van der Waals surface area (Å²) in [6, 6.07) is 0.275. The molecule has 1 aromatic heterocycles. The molecular formula is C12H19N3O2S. The minimum atomic E-state index is -0.220. The van der Waals surface area contributed by atoms with Gasteiger partial charge in [0.25, 0.3) is 0 Å². The zero-order valence-electron chi connectivity index (χ0n) is 10.8. The Balaban J connectivity index is 1.85. The second-order valence-electron chi connectivity index (χ2n) is 4.41. The van der Waals surface area contributed by atoms with E-state index in [9.17, 15) is 4.79 Å². The highest BCUT2D eigenvalue weighted by atomic mass is 32.2. The molecule has 1 fully saturated rings. The fourth-order valence-electron chi connectivity index (χ4n) is 1.61. The van der Waals surface area contributed by atoms with Gasteiger partial charge in [0.1, 0.15) is 6.04 Å². The maximum atomic E-state index is 11.8. The average Bonchev–Trinajstić information content (AvgIpc) is 3.06. The zero-order valence-corrected chi connectivity index (χ0v) is 11.6. The van der Waals surface area contributed by atoms with E-state index in [-0.39, 0.29) is 12.0 Å². The van der Waals surface area contributed by atoms with Crippen molar-refractivity contribution in [1.29, 1.82) is 0 Å². The molecule has 0 radical (unpaired) electrons. The fourth-order valence-corrected chi connectivity index (χ4v) is 2.55. The highest BCUT2D eigenvalue weighted by molar-refractivity contribution is 7.99. The lowest BCUT2D eigenvalue weighted by Crippen LogP contribution is -2.41. The maximum absolute atomic E-state index is 11.8. The molecule has 0 saturated heterocycles. The SMILES string of the molecule is CCOC(=O)C(CSc1cnn(C)c1)NC1CC1. The van der Waals surface area contributed by atoms with Crippen LogP contribution in [0.4, 0.5) is 0 Å². The summed E-state index contributed by atoms with van der Waals surface area (Å²) < 4.78 is 6.85. The Morgan fingerprint density at radius 3 is 3.06 bits per heavy atom. The molecular weight excluding hydrogens is 250 g/mol. The van der Waals surface area contributed by atoms with Crippen LogP contribution in [0.3, 0.4) is 0 Å². The van der Waals surface area contributed by atoms with Gasteiger partial charge in [-0.05, 0) is 19.8 Å². The fraction of sp³-hybridized carbons (Fsp3) is 0.667. The zero-order chi connectivity index (χ0) is 13.0. The van der Waals surface area contributed by atoms with Crippen LogP contribution in [0.5, 0.6) is 0 Å². The normalized spacial score (nSPS) is 16.6. The van der Waals surface area contributed by atoms with Gasteiger partial charge >= 0.3 is 5.97 Å². The molecule has 1 N–H and O–H groups in total. The Morgan fingerprint density at radius 2 is 2.50 bits per heavy atom. The molecule has 0 bridgehead atoms. The second kappa shape index (κ2) is 6.24. The molecule has 1 aliphatic carbocycles. The van der Waals surface area contributed by atoms with Gasteiger partial charge in [-0.1, -0.05) is 0 Å². The van der Waals surface area contributed by atoms with E-state index in [1.165, 1.54) is 0 Å². The lowest BCUT2D eigenvalue weighted by molar-refractivity contribution is -0.145. The third kappa shape index (κ3) is 4.03. The van der Waals surface area contributed by atoms with Crippen molar-refractivity contribution in [3.8, 4) is 0 Å². The van der Waals surface area contributed by atoms with Crippen LogP contribution < -0.4 is 5.32 Å². The van der Waals surface area contributed by atoms with Crippen molar-refractivity contribution < 1.29 is 9.53 Å². The third-order valence-corrected chi connectivity index (χ3v) is 3.73. The predicted molar refractivity (Wildman–Crippen MR) is 70.5 cm³/mol. The first-order valence-electron chi connectivity index (χ1n) is 6.23. The summed E-state index contributed by atoms with van der Waals surface area (Å²) in [6.07, 6.45) is 6.08. The van der Waals surface area contributed by atoms with E-state index in [0.29, 0.717) is 18.4 Å². The van der Waals surface area contributed by atoms with Gasteiger partial charge in [0.2, 0.25) is 0 Å². The van der Waals surface area contributed by atoms with Crippen LogP contribution in [0.25, 0.3) is 0 Å². The molecule has 1 heterocycles. The summed E-state index contributed by atoms with van der Waals surface area (Å²) in [5, 5.41) is 7.44. The van der Waals surface area contributed by atoms with Crippen molar-refractivity contribution in [3.05, 3.63) is 12.4 Å². The maximum Gasteiger partial charge on any atom is 0.324 e. The van der Waals surface area contributed by atoms with Gasteiger partial charge in [-0.25, -0.2) is 0 Å². The number of esters is 1. The number of nitrogens with zero attached hydrogens (tertiary/aromatic N) is 2. The third-order valence-electron chi connectivity index (χ3n) is 2.68. The van der Waals surface area contributed by atoms with Crippen molar-refractivity contribution in [2.24, 2.45) is 7.05 Å². The van der Waals surface area contributed by atoms with Crippen LogP contribution in [0, 0.1) is 0 Å². The Labute approximate surface area is 111 Å². The molecule has 1 aliphatic rings. The first kappa shape index (κ1) is 13.4. The minimum Gasteiger partial charge on any atom is -0.465 e. The number of aromatic nitrogens is 2. The van der Waals surface area contributed by atoms with Crippen LogP contribution in [-0.4, -0.2) is 40.2 Å². The summed E-state index contributed by atoms with van der Waals surface area (Å²) >= 11 is 1.63. The van der Waals surface area contributed by atoms with Gasteiger partial charge in [0.15, 0.2) is 0 Å². The number of thioether (sulfide) groups is 1. The van der Waals surface area contributed by atoms with Gasteiger partial charge in [0, 0.05) is 29.9 Å². The molecule has 0 spiro atoms. The topological polar surface area (TPSA) is 56.1 Å². The molecule has 1 atom stereocenters. The highest BCUT2D eigenvalue weighted by Crippen LogP contribution is 2.22. The summed E-state index contributed by atoms with van der Waals surface area (Å²) in [4.78, 5) is 12.9. The summed E-state index contributed by atoms with van der Waals surface area (Å²) in [7, 11) is 1.88. The molecule has 0 aromatic carbocycles. The van der Waals surface area contributed by atoms with E-state index in [1.807, 2.05) is 26.4 Å². The smallest absolute Gasteiger partial charge is 0.324 e. The first-order valence-corrected chi connectivity index (χ1v) is 7.21. The summed E-state index contributed by atoms with van der Waals surface area (Å²) in [6.45, 7) is 2.26. The average molecular weight is 269 g/mol. The molecule has 1 unspecified atom stereocenters. The van der Waals surface area contributed by atoms with E-state index < -0.39 is 0 Å². The Morgan fingerprint density at radius 1 is 1.72 bits per heavy atom. The number of hydrogen-bond donors (Lipinski definition) is 1. The van der Waals surface area contributed by atoms with Crippen LogP contribution in [0.2, 0.25) is 0 Å². The molecule has 0 amide bonds. The number of carbonyl (C=O) groups excluding carboxylic acids is 1. The molecule has 100 valence electrons. The molecule has 2 rings (SSSR count). The van der Waals surface area contributed by atoms with Crippen molar-refractivity contribution >= 4 is 17.7 Å². The second-order valence-corrected chi connectivity index (χ2v) is 5.50. The van der Waals surface area contributed by atoms with Crippen molar-refractivity contribution in [3.63, 3.8) is 0 Å². The van der Waals surface area contributed by atoms with E-state index >= 15 is 0 Å². The van der Waals surface area contributed by atoms with E-state index in [0.717, 1.165) is 17.7 Å². The Bertz CT molecular complexity index is 404. The largest absolute Gasteiger partial charge is 0.465 e. The van der Waals surface area contributed by atoms with Gasteiger partial charge in [-0.3, -0.25) is 9.48 Å². The van der Waals surface area contributed by atoms with Gasteiger partial charge in [-0.15, -0.1) is 11.8 Å². The van der Waals surface area contributed by atoms with Crippen molar-refractivity contribution in [2.75, 3.05) is 12.4 Å². The first-order chi connectivity index (χ1) is 8.69. The minimum absolute atomic E-state index is 0.152. The quantitative estimate of drug-likeness (QED) is 0.595. The van der Waals surface area contributed by atoms with Crippen LogP contribution in [0.15, 0.2) is 17.3 Å². The number of aryl methyl sites for hydroxylation is 1. The molecule has 0 aliphatic heterocycles. The lowest BCUT2D eigenvalue weighted by Gasteiger charge is -2.16. The molecule has 1 aromatic rings. The van der Waals surface area contributed by atoms with Crippen molar-refractivity contribution in [2.45, 2.75) is 36.7 Å². The van der Waals surface area contributed by atoms with Crippen molar-refractivity contribution in [1.82, 2.24) is 15.1 Å². The summed E-state index contributed by atoms with van der Waals surface area (Å²) in [5.74, 6) is 0.530. The number of ether oxygens (including phenoxy) is 1. The van der Waals surface area contributed by atoms with Crippen LogP contribution >= 0.6 is 11.8 Å². The standard InChI is InChI=1S/C12H19N3O2S/c1-3-17-12(16)11(14-9-4-5-9)8-18-10-6-13-15(2)7-10/h6-7,9,11,14H,3-5,8H2,1-2H3. The predicted octanol–water partition coefficient (Wildman–Crippen LogP) is 1.20. The highest BCUT2D eigenvalue weighted by Gasteiger charge is 2.29. The van der Waals surface area contributed by atoms with Gasteiger partial charge < -0.3 is 10.1 Å². The van der Waals surface area contributed by atoms with E-state index in [4.69, 9.17) is 4.74 Å². The van der Waals surface area contributed by atoms with Crippen LogP contribution in [-0.2, 0) is 16.6 Å². The van der Waals surface area contributed by atoms with Crippen LogP contribution in [0.1, 0.15) is 19.8 Å². The molecule has 6 heteroatoms. The Hall–Kier alpha value is -1.01. The number of carbonyl (C=O) groups is 1. The monoisotopic (exact) mass is 269 g/mol. The number of nitrogens with one attached hydrogen (secondary N) is 1. The number of hydrogen-bond acceptors (Lipinski definition) is 5. The Kier molecular flexibility index (Phi) is 4.66.